The Labute approximate surface area is 56.0 Å². The van der Waals surface area contributed by atoms with E-state index in [0.717, 1.165) is 0 Å². The van der Waals surface area contributed by atoms with Gasteiger partial charge in [-0.05, 0) is 12.8 Å². The molecule has 0 aromatic carbocycles. The minimum absolute atomic E-state index is 0.0558. The fraction of sp³-hybridized carbons (Fsp3) is 0.857. The molecule has 1 unspecified atom stereocenters. The first-order valence-corrected chi connectivity index (χ1v) is 3.32. The van der Waals surface area contributed by atoms with Gasteiger partial charge < -0.3 is 0 Å². The molecule has 2 heteroatoms. The summed E-state index contributed by atoms with van der Waals surface area (Å²) in [5.74, 6) is 0.0558. The van der Waals surface area contributed by atoms with Crippen molar-refractivity contribution in [2.45, 2.75) is 26.9 Å². The van der Waals surface area contributed by atoms with Crippen molar-refractivity contribution in [3.63, 3.8) is 0 Å². The van der Waals surface area contributed by atoms with Gasteiger partial charge in [-0.25, -0.2) is 4.39 Å². The molecule has 0 aromatic heterocycles. The van der Waals surface area contributed by atoms with Crippen molar-refractivity contribution in [3.8, 4) is 0 Å². The predicted octanol–water partition coefficient (Wildman–Crippen LogP) is 2.07. The van der Waals surface area contributed by atoms with Crippen molar-refractivity contribution in [1.29, 1.82) is 0 Å². The van der Waals surface area contributed by atoms with Crippen LogP contribution in [-0.4, -0.2) is 18.9 Å². The maximum atomic E-state index is 12.6. The molecule has 0 aliphatic rings. The first-order chi connectivity index (χ1) is 4.18. The Balaban J connectivity index is 3.48. The molecule has 0 fully saturated rings. The van der Waals surface area contributed by atoms with Crippen LogP contribution in [0.2, 0.25) is 0 Å². The SMILES string of the molecule is CC/N=C\C(F)C(C)C. The molecule has 0 rings (SSSR count). The molecule has 0 heterocycles. The lowest BCUT2D eigenvalue weighted by molar-refractivity contribution is 0.342. The normalized spacial score (nSPS) is 15.2. The van der Waals surface area contributed by atoms with Crippen LogP contribution in [0, 0.1) is 5.92 Å². The molecular weight excluding hydrogens is 117 g/mol. The average molecular weight is 131 g/mol. The minimum atomic E-state index is -0.870. The van der Waals surface area contributed by atoms with Crippen LogP contribution in [0.5, 0.6) is 0 Å². The molecule has 0 radical (unpaired) electrons. The Kier molecular flexibility index (Phi) is 4.28. The monoisotopic (exact) mass is 131 g/mol. The first-order valence-electron chi connectivity index (χ1n) is 3.32. The molecule has 0 saturated heterocycles. The van der Waals surface area contributed by atoms with Gasteiger partial charge in [0, 0.05) is 12.8 Å². The van der Waals surface area contributed by atoms with Crippen LogP contribution < -0.4 is 0 Å². The molecule has 54 valence electrons. The number of hydrogen-bond donors (Lipinski definition) is 0. The molecule has 1 nitrogen and oxygen atoms in total. The third kappa shape index (κ3) is 4.13. The topological polar surface area (TPSA) is 12.4 Å². The highest BCUT2D eigenvalue weighted by Crippen LogP contribution is 2.02. The van der Waals surface area contributed by atoms with E-state index < -0.39 is 6.17 Å². The zero-order chi connectivity index (χ0) is 7.28. The van der Waals surface area contributed by atoms with Crippen LogP contribution in [0.1, 0.15) is 20.8 Å². The van der Waals surface area contributed by atoms with Gasteiger partial charge in [-0.2, -0.15) is 0 Å². The zero-order valence-corrected chi connectivity index (χ0v) is 6.26. The number of rotatable bonds is 3. The third-order valence-corrected chi connectivity index (χ3v) is 1.07. The van der Waals surface area contributed by atoms with Gasteiger partial charge in [-0.15, -0.1) is 0 Å². The predicted molar refractivity (Wildman–Crippen MR) is 38.8 cm³/mol. The second kappa shape index (κ2) is 4.48. The Morgan fingerprint density at radius 1 is 1.56 bits per heavy atom. The molecule has 0 bridgehead atoms. The molecule has 0 N–H and O–H groups in total. The van der Waals surface area contributed by atoms with E-state index in [1.54, 1.807) is 0 Å². The smallest absolute Gasteiger partial charge is 0.137 e. The van der Waals surface area contributed by atoms with E-state index in [1.165, 1.54) is 6.21 Å². The quantitative estimate of drug-likeness (QED) is 0.520. The fourth-order valence-corrected chi connectivity index (χ4v) is 0.378. The van der Waals surface area contributed by atoms with Crippen molar-refractivity contribution in [2.24, 2.45) is 10.9 Å². The molecule has 0 aliphatic heterocycles. The van der Waals surface area contributed by atoms with E-state index in [1.807, 2.05) is 20.8 Å². The molecule has 0 aromatic rings. The summed E-state index contributed by atoms with van der Waals surface area (Å²) in [6, 6.07) is 0. The lowest BCUT2D eigenvalue weighted by atomic mass is 10.1. The molecule has 0 spiro atoms. The number of alkyl halides is 1. The summed E-state index contributed by atoms with van der Waals surface area (Å²) in [5.41, 5.74) is 0. The average Bonchev–Trinajstić information content (AvgIpc) is 1.82. The number of hydrogen-bond acceptors (Lipinski definition) is 1. The maximum Gasteiger partial charge on any atom is 0.137 e. The second-order valence-electron chi connectivity index (χ2n) is 2.34. The van der Waals surface area contributed by atoms with Crippen molar-refractivity contribution >= 4 is 6.21 Å². The van der Waals surface area contributed by atoms with Crippen LogP contribution in [0.15, 0.2) is 4.99 Å². The standard InChI is InChI=1S/C7H14FN/c1-4-9-5-7(8)6(2)3/h5-7H,4H2,1-3H3/b9-5-. The lowest BCUT2D eigenvalue weighted by Crippen LogP contribution is -2.10. The Bertz CT molecular complexity index is 88.9. The first kappa shape index (κ1) is 8.60. The van der Waals surface area contributed by atoms with Gasteiger partial charge in [0.2, 0.25) is 0 Å². The number of nitrogens with zero attached hydrogens (tertiary/aromatic N) is 1. The zero-order valence-electron chi connectivity index (χ0n) is 6.26. The summed E-state index contributed by atoms with van der Waals surface area (Å²) in [6.07, 6.45) is 0.509. The summed E-state index contributed by atoms with van der Waals surface area (Å²) in [7, 11) is 0. The second-order valence-corrected chi connectivity index (χ2v) is 2.34. The highest BCUT2D eigenvalue weighted by atomic mass is 19.1. The minimum Gasteiger partial charge on any atom is -0.295 e. The van der Waals surface area contributed by atoms with Crippen LogP contribution in [0.4, 0.5) is 4.39 Å². The van der Waals surface area contributed by atoms with E-state index in [9.17, 15) is 4.39 Å². The molecular formula is C7H14FN. The lowest BCUT2D eigenvalue weighted by Gasteiger charge is -2.03. The van der Waals surface area contributed by atoms with Crippen molar-refractivity contribution in [2.75, 3.05) is 6.54 Å². The Morgan fingerprint density at radius 2 is 2.11 bits per heavy atom. The maximum absolute atomic E-state index is 12.6. The molecule has 1 atom stereocenters. The molecule has 0 amide bonds. The van der Waals surface area contributed by atoms with Crippen LogP contribution in [0.3, 0.4) is 0 Å². The summed E-state index contributed by atoms with van der Waals surface area (Å²) in [6.45, 7) is 6.25. The van der Waals surface area contributed by atoms with Gasteiger partial charge in [0.15, 0.2) is 0 Å². The van der Waals surface area contributed by atoms with Crippen LogP contribution in [-0.2, 0) is 0 Å². The van der Waals surface area contributed by atoms with E-state index in [4.69, 9.17) is 0 Å². The van der Waals surface area contributed by atoms with E-state index in [-0.39, 0.29) is 5.92 Å². The van der Waals surface area contributed by atoms with Crippen molar-refractivity contribution in [1.82, 2.24) is 0 Å². The number of aliphatic imine (C=N–C) groups is 1. The van der Waals surface area contributed by atoms with Gasteiger partial charge in [0.1, 0.15) is 6.17 Å². The Hall–Kier alpha value is -0.400. The Morgan fingerprint density at radius 3 is 2.44 bits per heavy atom. The fourth-order valence-electron chi connectivity index (χ4n) is 0.378. The van der Waals surface area contributed by atoms with E-state index in [2.05, 4.69) is 4.99 Å². The number of halogens is 1. The third-order valence-electron chi connectivity index (χ3n) is 1.07. The summed E-state index contributed by atoms with van der Waals surface area (Å²) in [5, 5.41) is 0. The summed E-state index contributed by atoms with van der Waals surface area (Å²) >= 11 is 0. The van der Waals surface area contributed by atoms with E-state index in [0.29, 0.717) is 6.54 Å². The molecule has 0 saturated carbocycles. The highest BCUT2D eigenvalue weighted by molar-refractivity contribution is 5.63. The summed E-state index contributed by atoms with van der Waals surface area (Å²) < 4.78 is 12.6. The van der Waals surface area contributed by atoms with Crippen molar-refractivity contribution in [3.05, 3.63) is 0 Å². The summed E-state index contributed by atoms with van der Waals surface area (Å²) in [4.78, 5) is 3.79. The van der Waals surface area contributed by atoms with Gasteiger partial charge in [0.25, 0.3) is 0 Å². The van der Waals surface area contributed by atoms with Crippen LogP contribution in [0.25, 0.3) is 0 Å². The van der Waals surface area contributed by atoms with Crippen LogP contribution >= 0.6 is 0 Å². The van der Waals surface area contributed by atoms with Gasteiger partial charge in [0.05, 0.1) is 0 Å². The molecule has 9 heavy (non-hydrogen) atoms. The van der Waals surface area contributed by atoms with E-state index >= 15 is 0 Å². The van der Waals surface area contributed by atoms with Gasteiger partial charge >= 0.3 is 0 Å². The van der Waals surface area contributed by atoms with Gasteiger partial charge in [-0.1, -0.05) is 13.8 Å². The largest absolute Gasteiger partial charge is 0.295 e. The molecule has 0 aliphatic carbocycles. The van der Waals surface area contributed by atoms with Gasteiger partial charge in [-0.3, -0.25) is 4.99 Å². The highest BCUT2D eigenvalue weighted by Gasteiger charge is 2.05. The van der Waals surface area contributed by atoms with Crippen molar-refractivity contribution < 1.29 is 4.39 Å².